The lowest BCUT2D eigenvalue weighted by Gasteiger charge is -2.02. The van der Waals surface area contributed by atoms with E-state index in [1.54, 1.807) is 12.4 Å². The van der Waals surface area contributed by atoms with Crippen molar-refractivity contribution < 1.29 is 4.79 Å². The molecule has 0 fully saturated rings. The van der Waals surface area contributed by atoms with Crippen molar-refractivity contribution in [3.05, 3.63) is 35.0 Å². The second-order valence-electron chi connectivity index (χ2n) is 2.70. The number of nitrogens with two attached hydrogens (primary N) is 1. The number of carbonyl (C=O) groups excluding carboxylic acids is 1. The van der Waals surface area contributed by atoms with E-state index in [1.165, 1.54) is 17.1 Å². The van der Waals surface area contributed by atoms with Gasteiger partial charge < -0.3 is 5.73 Å². The van der Waals surface area contributed by atoms with Crippen LogP contribution in [-0.2, 0) is 0 Å². The average molecular weight is 268 g/mol. The molecule has 2 aromatic heterocycles. The highest BCUT2D eigenvalue weighted by atomic mass is 79.9. The summed E-state index contributed by atoms with van der Waals surface area (Å²) in [5, 5.41) is 3.99. The van der Waals surface area contributed by atoms with Crippen LogP contribution in [0.3, 0.4) is 0 Å². The fourth-order valence-electron chi connectivity index (χ4n) is 1.09. The molecule has 0 aliphatic carbocycles. The molecule has 0 aliphatic heterocycles. The molecule has 0 radical (unpaired) electrons. The number of aromatic nitrogens is 4. The van der Waals surface area contributed by atoms with Crippen LogP contribution in [0.4, 0.5) is 0 Å². The van der Waals surface area contributed by atoms with Gasteiger partial charge in [-0.1, -0.05) is 0 Å². The SMILES string of the molecule is NC(=O)c1nccnc1-n1cc(Br)cn1. The molecule has 0 aliphatic rings. The summed E-state index contributed by atoms with van der Waals surface area (Å²) in [6.45, 7) is 0. The van der Waals surface area contributed by atoms with Crippen molar-refractivity contribution in [1.82, 2.24) is 19.7 Å². The molecular weight excluding hydrogens is 262 g/mol. The Morgan fingerprint density at radius 3 is 2.73 bits per heavy atom. The second kappa shape index (κ2) is 3.77. The Hall–Kier alpha value is -1.76. The first-order valence-corrected chi connectivity index (χ1v) is 4.79. The Morgan fingerprint density at radius 1 is 1.40 bits per heavy atom. The first-order valence-electron chi connectivity index (χ1n) is 4.00. The maximum absolute atomic E-state index is 11.1. The Labute approximate surface area is 93.3 Å². The van der Waals surface area contributed by atoms with E-state index in [1.807, 2.05) is 0 Å². The number of carbonyl (C=O) groups is 1. The first kappa shape index (κ1) is 9.78. The van der Waals surface area contributed by atoms with E-state index < -0.39 is 5.91 Å². The van der Waals surface area contributed by atoms with Crippen LogP contribution < -0.4 is 5.73 Å². The summed E-state index contributed by atoms with van der Waals surface area (Å²) in [7, 11) is 0. The van der Waals surface area contributed by atoms with Crippen molar-refractivity contribution in [2.24, 2.45) is 5.73 Å². The molecule has 0 bridgehead atoms. The Balaban J connectivity index is 2.57. The van der Waals surface area contributed by atoms with Gasteiger partial charge in [0.05, 0.1) is 10.7 Å². The highest BCUT2D eigenvalue weighted by Crippen LogP contribution is 2.12. The fourth-order valence-corrected chi connectivity index (χ4v) is 1.37. The lowest BCUT2D eigenvalue weighted by molar-refractivity contribution is 0.0995. The van der Waals surface area contributed by atoms with Gasteiger partial charge in [-0.2, -0.15) is 5.10 Å². The van der Waals surface area contributed by atoms with Crippen molar-refractivity contribution >= 4 is 21.8 Å². The highest BCUT2D eigenvalue weighted by Gasteiger charge is 2.12. The number of rotatable bonds is 2. The molecule has 7 heteroatoms. The van der Waals surface area contributed by atoms with Gasteiger partial charge in [-0.3, -0.25) is 4.79 Å². The maximum Gasteiger partial charge on any atom is 0.271 e. The Kier molecular flexibility index (Phi) is 2.46. The molecule has 1 amide bonds. The van der Waals surface area contributed by atoms with Crippen LogP contribution in [0.25, 0.3) is 5.82 Å². The standard InChI is InChI=1S/C8H6BrN5O/c9-5-3-13-14(4-5)8-6(7(10)15)11-1-2-12-8/h1-4H,(H2,10,15). The zero-order valence-corrected chi connectivity index (χ0v) is 9.05. The van der Waals surface area contributed by atoms with Gasteiger partial charge in [-0.05, 0) is 15.9 Å². The van der Waals surface area contributed by atoms with Gasteiger partial charge in [0.1, 0.15) is 0 Å². The predicted octanol–water partition coefficient (Wildman–Crippen LogP) is 0.524. The minimum Gasteiger partial charge on any atom is -0.364 e. The van der Waals surface area contributed by atoms with E-state index in [0.717, 1.165) is 4.47 Å². The zero-order valence-electron chi connectivity index (χ0n) is 7.46. The smallest absolute Gasteiger partial charge is 0.271 e. The van der Waals surface area contributed by atoms with Crippen molar-refractivity contribution in [3.8, 4) is 5.82 Å². The first-order chi connectivity index (χ1) is 7.18. The van der Waals surface area contributed by atoms with Gasteiger partial charge in [-0.25, -0.2) is 14.6 Å². The predicted molar refractivity (Wildman–Crippen MR) is 55.4 cm³/mol. The van der Waals surface area contributed by atoms with Crippen molar-refractivity contribution in [3.63, 3.8) is 0 Å². The summed E-state index contributed by atoms with van der Waals surface area (Å²) in [5.74, 6) is -0.319. The van der Waals surface area contributed by atoms with E-state index in [-0.39, 0.29) is 5.69 Å². The number of hydrogen-bond acceptors (Lipinski definition) is 4. The zero-order chi connectivity index (χ0) is 10.8. The largest absolute Gasteiger partial charge is 0.364 e. The molecule has 2 heterocycles. The third-order valence-corrected chi connectivity index (χ3v) is 2.09. The van der Waals surface area contributed by atoms with E-state index in [0.29, 0.717) is 5.82 Å². The van der Waals surface area contributed by atoms with E-state index in [4.69, 9.17) is 5.73 Å². The van der Waals surface area contributed by atoms with Crippen molar-refractivity contribution in [1.29, 1.82) is 0 Å². The third kappa shape index (κ3) is 1.86. The minimum absolute atomic E-state index is 0.0908. The number of amides is 1. The van der Waals surface area contributed by atoms with Crippen LogP contribution in [0.2, 0.25) is 0 Å². The summed E-state index contributed by atoms with van der Waals surface area (Å²) >= 11 is 3.24. The Bertz CT molecular complexity index is 509. The molecule has 0 aromatic carbocycles. The van der Waals surface area contributed by atoms with Crippen molar-refractivity contribution in [2.45, 2.75) is 0 Å². The lowest BCUT2D eigenvalue weighted by atomic mass is 10.4. The summed E-state index contributed by atoms with van der Waals surface area (Å²) in [6, 6.07) is 0. The molecule has 2 rings (SSSR count). The lowest BCUT2D eigenvalue weighted by Crippen LogP contribution is -2.17. The number of nitrogens with zero attached hydrogens (tertiary/aromatic N) is 4. The fraction of sp³-hybridized carbons (Fsp3) is 0. The van der Waals surface area contributed by atoms with Crippen LogP contribution in [0, 0.1) is 0 Å². The maximum atomic E-state index is 11.1. The minimum atomic E-state index is -0.635. The van der Waals surface area contributed by atoms with Crippen LogP contribution in [0.1, 0.15) is 10.5 Å². The summed E-state index contributed by atoms with van der Waals surface area (Å²) in [5.41, 5.74) is 5.26. The Morgan fingerprint density at radius 2 is 2.13 bits per heavy atom. The van der Waals surface area contributed by atoms with Crippen LogP contribution in [0.15, 0.2) is 29.3 Å². The number of hydrogen-bond donors (Lipinski definition) is 1. The van der Waals surface area contributed by atoms with Gasteiger partial charge in [0.15, 0.2) is 11.5 Å². The normalized spacial score (nSPS) is 10.2. The van der Waals surface area contributed by atoms with Gasteiger partial charge in [0, 0.05) is 18.6 Å². The average Bonchev–Trinajstić information content (AvgIpc) is 2.65. The quantitative estimate of drug-likeness (QED) is 0.860. The molecule has 15 heavy (non-hydrogen) atoms. The van der Waals surface area contributed by atoms with Crippen LogP contribution >= 0.6 is 15.9 Å². The van der Waals surface area contributed by atoms with Gasteiger partial charge >= 0.3 is 0 Å². The number of halogens is 1. The molecule has 76 valence electrons. The molecule has 2 aromatic rings. The molecule has 0 atom stereocenters. The van der Waals surface area contributed by atoms with E-state index in [2.05, 4.69) is 31.0 Å². The molecule has 2 N–H and O–H groups in total. The number of primary amides is 1. The molecule has 0 saturated carbocycles. The van der Waals surface area contributed by atoms with Crippen LogP contribution in [-0.4, -0.2) is 25.7 Å². The summed E-state index contributed by atoms with van der Waals surface area (Å²) in [6.07, 6.45) is 6.12. The van der Waals surface area contributed by atoms with E-state index in [9.17, 15) is 4.79 Å². The third-order valence-electron chi connectivity index (χ3n) is 1.68. The highest BCUT2D eigenvalue weighted by molar-refractivity contribution is 9.10. The topological polar surface area (TPSA) is 86.7 Å². The van der Waals surface area contributed by atoms with Gasteiger partial charge in [-0.15, -0.1) is 0 Å². The molecule has 6 nitrogen and oxygen atoms in total. The van der Waals surface area contributed by atoms with Crippen molar-refractivity contribution in [2.75, 3.05) is 0 Å². The second-order valence-corrected chi connectivity index (χ2v) is 3.61. The molecular formula is C8H6BrN5O. The molecule has 0 spiro atoms. The van der Waals surface area contributed by atoms with Gasteiger partial charge in [0.2, 0.25) is 0 Å². The summed E-state index contributed by atoms with van der Waals surface area (Å²) < 4.78 is 2.21. The molecule has 0 saturated heterocycles. The van der Waals surface area contributed by atoms with Gasteiger partial charge in [0.25, 0.3) is 5.91 Å². The van der Waals surface area contributed by atoms with E-state index >= 15 is 0 Å². The molecule has 0 unspecified atom stereocenters. The van der Waals surface area contributed by atoms with Crippen LogP contribution in [0.5, 0.6) is 0 Å². The summed E-state index contributed by atoms with van der Waals surface area (Å²) in [4.78, 5) is 18.9. The monoisotopic (exact) mass is 267 g/mol.